The molecule has 5 nitrogen and oxygen atoms in total. The summed E-state index contributed by atoms with van der Waals surface area (Å²) < 4.78 is 2.51. The van der Waals surface area contributed by atoms with Gasteiger partial charge in [-0.1, -0.05) is 12.1 Å². The molecule has 1 unspecified atom stereocenters. The van der Waals surface area contributed by atoms with Crippen LogP contribution in [0.3, 0.4) is 0 Å². The molecular formula is C13H14BrN3O2. The SMILES string of the molecule is CC(N)c1cccn1Cc1cccc([N+](=O)[O-])c1Br. The van der Waals surface area contributed by atoms with Crippen molar-refractivity contribution in [3.8, 4) is 0 Å². The van der Waals surface area contributed by atoms with Crippen molar-refractivity contribution in [1.29, 1.82) is 0 Å². The summed E-state index contributed by atoms with van der Waals surface area (Å²) in [5, 5.41) is 10.9. The van der Waals surface area contributed by atoms with E-state index in [1.54, 1.807) is 6.07 Å². The summed E-state index contributed by atoms with van der Waals surface area (Å²) >= 11 is 3.30. The number of nitrogens with zero attached hydrogens (tertiary/aromatic N) is 2. The number of halogens is 1. The molecule has 0 bridgehead atoms. The van der Waals surface area contributed by atoms with Crippen molar-refractivity contribution < 1.29 is 4.92 Å². The highest BCUT2D eigenvalue weighted by molar-refractivity contribution is 9.10. The molecular weight excluding hydrogens is 310 g/mol. The fraction of sp³-hybridized carbons (Fsp3) is 0.231. The third kappa shape index (κ3) is 2.85. The monoisotopic (exact) mass is 323 g/mol. The van der Waals surface area contributed by atoms with Gasteiger partial charge in [0.1, 0.15) is 4.47 Å². The third-order valence-electron chi connectivity index (χ3n) is 2.93. The van der Waals surface area contributed by atoms with Gasteiger partial charge in [-0.2, -0.15) is 0 Å². The Labute approximate surface area is 119 Å². The van der Waals surface area contributed by atoms with E-state index in [4.69, 9.17) is 5.73 Å². The third-order valence-corrected chi connectivity index (χ3v) is 3.84. The van der Waals surface area contributed by atoms with Crippen molar-refractivity contribution in [3.05, 3.63) is 62.4 Å². The Bertz CT molecular complexity index is 608. The lowest BCUT2D eigenvalue weighted by Crippen LogP contribution is -2.12. The number of nitrogens with two attached hydrogens (primary N) is 1. The second-order valence-electron chi connectivity index (χ2n) is 4.36. The molecule has 0 aliphatic rings. The van der Waals surface area contributed by atoms with E-state index in [0.717, 1.165) is 11.3 Å². The maximum absolute atomic E-state index is 10.9. The number of hydrogen-bond acceptors (Lipinski definition) is 3. The summed E-state index contributed by atoms with van der Waals surface area (Å²) in [6, 6.07) is 8.83. The Morgan fingerprint density at radius 1 is 1.42 bits per heavy atom. The Balaban J connectivity index is 2.36. The molecule has 19 heavy (non-hydrogen) atoms. The molecule has 0 amide bonds. The van der Waals surface area contributed by atoms with Crippen molar-refractivity contribution in [1.82, 2.24) is 4.57 Å². The molecule has 1 atom stereocenters. The van der Waals surface area contributed by atoms with Crippen LogP contribution in [0.2, 0.25) is 0 Å². The van der Waals surface area contributed by atoms with E-state index in [1.165, 1.54) is 6.07 Å². The van der Waals surface area contributed by atoms with Crippen LogP contribution in [0.25, 0.3) is 0 Å². The summed E-state index contributed by atoms with van der Waals surface area (Å²) in [5.41, 5.74) is 7.82. The first kappa shape index (κ1) is 13.8. The summed E-state index contributed by atoms with van der Waals surface area (Å²) in [4.78, 5) is 10.5. The number of nitro benzene ring substituents is 1. The molecule has 100 valence electrons. The van der Waals surface area contributed by atoms with Gasteiger partial charge in [0, 0.05) is 30.5 Å². The van der Waals surface area contributed by atoms with Crippen LogP contribution in [-0.4, -0.2) is 9.49 Å². The molecule has 0 aliphatic carbocycles. The van der Waals surface area contributed by atoms with Crippen LogP contribution in [-0.2, 0) is 6.54 Å². The minimum atomic E-state index is -0.393. The minimum absolute atomic E-state index is 0.0759. The topological polar surface area (TPSA) is 74.1 Å². The predicted molar refractivity (Wildman–Crippen MR) is 76.9 cm³/mol. The molecule has 0 fully saturated rings. The molecule has 2 aromatic rings. The van der Waals surface area contributed by atoms with Crippen molar-refractivity contribution >= 4 is 21.6 Å². The number of rotatable bonds is 4. The Kier molecular flexibility index (Phi) is 4.01. The van der Waals surface area contributed by atoms with Gasteiger partial charge in [-0.25, -0.2) is 0 Å². The van der Waals surface area contributed by atoms with Gasteiger partial charge in [-0.05, 0) is 40.5 Å². The standard InChI is InChI=1S/C13H14BrN3O2/c1-9(15)11-6-3-7-16(11)8-10-4-2-5-12(13(10)14)17(18)19/h2-7,9H,8,15H2,1H3. The second kappa shape index (κ2) is 5.54. The van der Waals surface area contributed by atoms with E-state index in [9.17, 15) is 10.1 Å². The van der Waals surface area contributed by atoms with Gasteiger partial charge in [-0.3, -0.25) is 10.1 Å². The molecule has 1 heterocycles. The number of nitro groups is 1. The first-order chi connectivity index (χ1) is 9.00. The van der Waals surface area contributed by atoms with Crippen molar-refractivity contribution in [2.24, 2.45) is 5.73 Å². The molecule has 2 N–H and O–H groups in total. The van der Waals surface area contributed by atoms with Crippen LogP contribution in [0.15, 0.2) is 41.0 Å². The fourth-order valence-electron chi connectivity index (χ4n) is 2.00. The zero-order valence-corrected chi connectivity index (χ0v) is 12.0. The number of aromatic nitrogens is 1. The van der Waals surface area contributed by atoms with Crippen LogP contribution < -0.4 is 5.73 Å². The van der Waals surface area contributed by atoms with Gasteiger partial charge < -0.3 is 10.3 Å². The average Bonchev–Trinajstić information content (AvgIpc) is 2.79. The zero-order valence-electron chi connectivity index (χ0n) is 10.4. The van der Waals surface area contributed by atoms with Crippen LogP contribution in [0, 0.1) is 10.1 Å². The first-order valence-corrected chi connectivity index (χ1v) is 6.62. The Morgan fingerprint density at radius 3 is 2.79 bits per heavy atom. The van der Waals surface area contributed by atoms with Crippen LogP contribution in [0.5, 0.6) is 0 Å². The Morgan fingerprint density at radius 2 is 2.16 bits per heavy atom. The maximum Gasteiger partial charge on any atom is 0.283 e. The normalized spacial score (nSPS) is 12.4. The van der Waals surface area contributed by atoms with Crippen LogP contribution >= 0.6 is 15.9 Å². The largest absolute Gasteiger partial charge is 0.346 e. The zero-order chi connectivity index (χ0) is 14.0. The lowest BCUT2D eigenvalue weighted by Gasteiger charge is -2.13. The molecule has 0 spiro atoms. The van der Waals surface area contributed by atoms with Crippen molar-refractivity contribution in [2.45, 2.75) is 19.5 Å². The predicted octanol–water partition coefficient (Wildman–Crippen LogP) is 3.23. The smallest absolute Gasteiger partial charge is 0.283 e. The highest BCUT2D eigenvalue weighted by Gasteiger charge is 2.15. The van der Waals surface area contributed by atoms with Gasteiger partial charge in [0.2, 0.25) is 0 Å². The van der Waals surface area contributed by atoms with E-state index in [2.05, 4.69) is 15.9 Å². The molecule has 6 heteroatoms. The van der Waals surface area contributed by atoms with E-state index < -0.39 is 4.92 Å². The summed E-state index contributed by atoms with van der Waals surface area (Å²) in [6.07, 6.45) is 1.92. The van der Waals surface area contributed by atoms with Gasteiger partial charge >= 0.3 is 0 Å². The van der Waals surface area contributed by atoms with Crippen LogP contribution in [0.4, 0.5) is 5.69 Å². The minimum Gasteiger partial charge on any atom is -0.346 e. The van der Waals surface area contributed by atoms with Gasteiger partial charge in [0.25, 0.3) is 5.69 Å². The lowest BCUT2D eigenvalue weighted by molar-refractivity contribution is -0.385. The van der Waals surface area contributed by atoms with Crippen molar-refractivity contribution in [2.75, 3.05) is 0 Å². The van der Waals surface area contributed by atoms with E-state index in [0.29, 0.717) is 11.0 Å². The molecule has 0 saturated heterocycles. The van der Waals surface area contributed by atoms with E-state index in [1.807, 2.05) is 35.9 Å². The molecule has 2 rings (SSSR count). The highest BCUT2D eigenvalue weighted by atomic mass is 79.9. The summed E-state index contributed by atoms with van der Waals surface area (Å²) in [5.74, 6) is 0. The molecule has 1 aromatic heterocycles. The highest BCUT2D eigenvalue weighted by Crippen LogP contribution is 2.29. The summed E-state index contributed by atoms with van der Waals surface area (Å²) in [7, 11) is 0. The number of hydrogen-bond donors (Lipinski definition) is 1. The first-order valence-electron chi connectivity index (χ1n) is 5.83. The van der Waals surface area contributed by atoms with Gasteiger partial charge in [0.05, 0.1) is 4.92 Å². The van der Waals surface area contributed by atoms with Crippen LogP contribution in [0.1, 0.15) is 24.2 Å². The maximum atomic E-state index is 10.9. The summed E-state index contributed by atoms with van der Waals surface area (Å²) in [6.45, 7) is 2.46. The lowest BCUT2D eigenvalue weighted by atomic mass is 10.2. The Hall–Kier alpha value is -1.66. The molecule has 0 radical (unpaired) electrons. The van der Waals surface area contributed by atoms with Gasteiger partial charge in [0.15, 0.2) is 0 Å². The number of benzene rings is 1. The van der Waals surface area contributed by atoms with E-state index >= 15 is 0 Å². The molecule has 1 aromatic carbocycles. The second-order valence-corrected chi connectivity index (χ2v) is 5.15. The quantitative estimate of drug-likeness (QED) is 0.693. The van der Waals surface area contributed by atoms with Crippen molar-refractivity contribution in [3.63, 3.8) is 0 Å². The van der Waals surface area contributed by atoms with E-state index in [-0.39, 0.29) is 11.7 Å². The van der Waals surface area contributed by atoms with Gasteiger partial charge in [-0.15, -0.1) is 0 Å². The molecule has 0 aliphatic heterocycles. The fourth-order valence-corrected chi connectivity index (χ4v) is 2.53. The molecule has 0 saturated carbocycles. The average molecular weight is 324 g/mol.